The number of alkyl halides is 3. The molecule has 25 heavy (non-hydrogen) atoms. The van der Waals surface area contributed by atoms with Crippen molar-refractivity contribution in [2.75, 3.05) is 13.2 Å². The van der Waals surface area contributed by atoms with Crippen molar-refractivity contribution in [3.05, 3.63) is 35.4 Å². The summed E-state index contributed by atoms with van der Waals surface area (Å²) in [5.74, 6) is -0.860. The fourth-order valence-electron chi connectivity index (χ4n) is 2.30. The molecule has 1 aromatic rings. The van der Waals surface area contributed by atoms with Crippen molar-refractivity contribution in [2.24, 2.45) is 5.92 Å². The zero-order valence-corrected chi connectivity index (χ0v) is 14.9. The van der Waals surface area contributed by atoms with Crippen molar-refractivity contribution in [3.8, 4) is 0 Å². The minimum absolute atomic E-state index is 0.0832. The third-order valence-electron chi connectivity index (χ3n) is 3.99. The second-order valence-corrected chi connectivity index (χ2v) is 6.19. The van der Waals surface area contributed by atoms with Crippen LogP contribution in [0.2, 0.25) is 0 Å². The van der Waals surface area contributed by atoms with Crippen molar-refractivity contribution in [1.82, 2.24) is 4.90 Å². The Kier molecular flexibility index (Phi) is 7.45. The summed E-state index contributed by atoms with van der Waals surface area (Å²) in [7, 11) is 0. The van der Waals surface area contributed by atoms with Crippen molar-refractivity contribution in [3.63, 3.8) is 0 Å². The van der Waals surface area contributed by atoms with Gasteiger partial charge < -0.3 is 9.64 Å². The SMILES string of the molecule is CCOC(=O)CN(C(=O)Cc1cccc(C(F)(F)F)c1)C(C)C(C)C. The van der Waals surface area contributed by atoms with Crippen LogP contribution in [0.1, 0.15) is 38.8 Å². The molecule has 4 nitrogen and oxygen atoms in total. The Hall–Kier alpha value is -2.05. The van der Waals surface area contributed by atoms with Crippen molar-refractivity contribution >= 4 is 11.9 Å². The van der Waals surface area contributed by atoms with Crippen LogP contribution in [-0.4, -0.2) is 36.0 Å². The lowest BCUT2D eigenvalue weighted by Gasteiger charge is -2.31. The number of hydrogen-bond acceptors (Lipinski definition) is 3. The number of rotatable bonds is 7. The molecule has 0 saturated carbocycles. The lowest BCUT2D eigenvalue weighted by molar-refractivity contribution is -0.150. The Labute approximate surface area is 146 Å². The minimum atomic E-state index is -4.46. The summed E-state index contributed by atoms with van der Waals surface area (Å²) in [4.78, 5) is 25.7. The standard InChI is InChI=1S/C18H24F3NO3/c1-5-25-17(24)11-22(13(4)12(2)3)16(23)10-14-7-6-8-15(9-14)18(19,20)21/h6-9,12-13H,5,10-11H2,1-4H3. The van der Waals surface area contributed by atoms with E-state index in [0.29, 0.717) is 0 Å². The first kappa shape index (κ1) is 21.0. The van der Waals surface area contributed by atoms with Gasteiger partial charge in [0.2, 0.25) is 5.91 Å². The van der Waals surface area contributed by atoms with E-state index in [4.69, 9.17) is 4.74 Å². The Bertz CT molecular complexity index is 599. The number of ether oxygens (including phenoxy) is 1. The van der Waals surface area contributed by atoms with Gasteiger partial charge in [0.25, 0.3) is 0 Å². The van der Waals surface area contributed by atoms with E-state index in [1.807, 2.05) is 13.8 Å². The third kappa shape index (κ3) is 6.40. The highest BCUT2D eigenvalue weighted by molar-refractivity contribution is 5.84. The van der Waals surface area contributed by atoms with Crippen molar-refractivity contribution in [1.29, 1.82) is 0 Å². The average Bonchev–Trinajstić information content (AvgIpc) is 2.51. The normalized spacial score (nSPS) is 12.8. The molecular weight excluding hydrogens is 335 g/mol. The molecule has 1 unspecified atom stereocenters. The molecule has 0 aliphatic rings. The van der Waals surface area contributed by atoms with Crippen LogP contribution in [-0.2, 0) is 26.9 Å². The van der Waals surface area contributed by atoms with Crippen LogP contribution >= 0.6 is 0 Å². The highest BCUT2D eigenvalue weighted by Crippen LogP contribution is 2.29. The number of esters is 1. The number of carbonyl (C=O) groups is 2. The van der Waals surface area contributed by atoms with Crippen molar-refractivity contribution < 1.29 is 27.5 Å². The Morgan fingerprint density at radius 3 is 2.36 bits per heavy atom. The van der Waals surface area contributed by atoms with Gasteiger partial charge in [-0.2, -0.15) is 13.2 Å². The fraction of sp³-hybridized carbons (Fsp3) is 0.556. The van der Waals surface area contributed by atoms with Gasteiger partial charge in [0.15, 0.2) is 0 Å². The second kappa shape index (κ2) is 8.87. The predicted octanol–water partition coefficient (Wildman–Crippen LogP) is 3.68. The van der Waals surface area contributed by atoms with Gasteiger partial charge in [0.1, 0.15) is 6.54 Å². The Morgan fingerprint density at radius 1 is 1.20 bits per heavy atom. The molecule has 0 aromatic heterocycles. The maximum atomic E-state index is 12.8. The van der Waals surface area contributed by atoms with Crippen LogP contribution in [0.25, 0.3) is 0 Å². The van der Waals surface area contributed by atoms with E-state index in [2.05, 4.69) is 0 Å². The fourth-order valence-corrected chi connectivity index (χ4v) is 2.30. The molecule has 0 bridgehead atoms. The molecule has 0 fully saturated rings. The van der Waals surface area contributed by atoms with E-state index in [0.717, 1.165) is 12.1 Å². The summed E-state index contributed by atoms with van der Waals surface area (Å²) in [6.45, 7) is 7.25. The van der Waals surface area contributed by atoms with E-state index in [-0.39, 0.29) is 37.1 Å². The van der Waals surface area contributed by atoms with Gasteiger partial charge >= 0.3 is 12.1 Å². The smallest absolute Gasteiger partial charge is 0.416 e. The van der Waals surface area contributed by atoms with Gasteiger partial charge in [0, 0.05) is 6.04 Å². The minimum Gasteiger partial charge on any atom is -0.465 e. The van der Waals surface area contributed by atoms with E-state index >= 15 is 0 Å². The Morgan fingerprint density at radius 2 is 1.84 bits per heavy atom. The summed E-state index contributed by atoms with van der Waals surface area (Å²) < 4.78 is 43.3. The Balaban J connectivity index is 2.96. The van der Waals surface area contributed by atoms with E-state index in [1.165, 1.54) is 17.0 Å². The molecule has 0 heterocycles. The highest BCUT2D eigenvalue weighted by Gasteiger charge is 2.31. The monoisotopic (exact) mass is 359 g/mol. The summed E-state index contributed by atoms with van der Waals surface area (Å²) in [6.07, 6.45) is -4.67. The zero-order chi connectivity index (χ0) is 19.2. The van der Waals surface area contributed by atoms with Crippen LogP contribution < -0.4 is 0 Å². The molecule has 0 N–H and O–H groups in total. The predicted molar refractivity (Wildman–Crippen MR) is 87.8 cm³/mol. The molecule has 0 spiro atoms. The van der Waals surface area contributed by atoms with Gasteiger partial charge in [-0.3, -0.25) is 9.59 Å². The van der Waals surface area contributed by atoms with Crippen molar-refractivity contribution in [2.45, 2.75) is 46.3 Å². The van der Waals surface area contributed by atoms with E-state index in [9.17, 15) is 22.8 Å². The summed E-state index contributed by atoms with van der Waals surface area (Å²) in [6, 6.07) is 4.41. The second-order valence-electron chi connectivity index (χ2n) is 6.19. The number of nitrogens with zero attached hydrogens (tertiary/aromatic N) is 1. The number of carbonyl (C=O) groups excluding carboxylic acids is 2. The van der Waals surface area contributed by atoms with Crippen LogP contribution in [0.3, 0.4) is 0 Å². The van der Waals surface area contributed by atoms with E-state index in [1.54, 1.807) is 13.8 Å². The largest absolute Gasteiger partial charge is 0.465 e. The first-order valence-corrected chi connectivity index (χ1v) is 8.17. The van der Waals surface area contributed by atoms with Crippen LogP contribution in [0.15, 0.2) is 24.3 Å². The maximum absolute atomic E-state index is 12.8. The number of hydrogen-bond donors (Lipinski definition) is 0. The summed E-state index contributed by atoms with van der Waals surface area (Å²) >= 11 is 0. The van der Waals surface area contributed by atoms with E-state index < -0.39 is 23.6 Å². The molecule has 0 aliphatic heterocycles. The summed E-state index contributed by atoms with van der Waals surface area (Å²) in [5, 5.41) is 0. The maximum Gasteiger partial charge on any atom is 0.416 e. The van der Waals surface area contributed by atoms with Crippen LogP contribution in [0.4, 0.5) is 13.2 Å². The van der Waals surface area contributed by atoms with Gasteiger partial charge in [-0.25, -0.2) is 0 Å². The summed E-state index contributed by atoms with van der Waals surface area (Å²) in [5.41, 5.74) is -0.545. The molecule has 0 radical (unpaired) electrons. The lowest BCUT2D eigenvalue weighted by atomic mass is 10.0. The number of benzene rings is 1. The highest BCUT2D eigenvalue weighted by atomic mass is 19.4. The molecule has 140 valence electrons. The topological polar surface area (TPSA) is 46.6 Å². The first-order valence-electron chi connectivity index (χ1n) is 8.17. The van der Waals surface area contributed by atoms with Crippen LogP contribution in [0, 0.1) is 5.92 Å². The van der Waals surface area contributed by atoms with Gasteiger partial charge in [0.05, 0.1) is 18.6 Å². The molecule has 1 amide bonds. The molecular formula is C18H24F3NO3. The third-order valence-corrected chi connectivity index (χ3v) is 3.99. The number of amides is 1. The van der Waals surface area contributed by atoms with Gasteiger partial charge in [-0.1, -0.05) is 32.0 Å². The molecule has 1 atom stereocenters. The molecule has 1 rings (SSSR count). The molecule has 7 heteroatoms. The number of halogens is 3. The molecule has 1 aromatic carbocycles. The molecule has 0 saturated heterocycles. The first-order chi connectivity index (χ1) is 11.6. The average molecular weight is 359 g/mol. The van der Waals surface area contributed by atoms with Crippen LogP contribution in [0.5, 0.6) is 0 Å². The van der Waals surface area contributed by atoms with Gasteiger partial charge in [-0.15, -0.1) is 0 Å². The quantitative estimate of drug-likeness (QED) is 0.698. The zero-order valence-electron chi connectivity index (χ0n) is 14.9. The lowest BCUT2D eigenvalue weighted by Crippen LogP contribution is -2.45. The van der Waals surface area contributed by atoms with Gasteiger partial charge in [-0.05, 0) is 31.4 Å². The molecule has 0 aliphatic carbocycles.